The van der Waals surface area contributed by atoms with E-state index < -0.39 is 7.37 Å². The average molecular weight is 408 g/mol. The minimum absolute atomic E-state index is 0.304. The van der Waals surface area contributed by atoms with Crippen LogP contribution in [0.4, 0.5) is 5.69 Å². The van der Waals surface area contributed by atoms with Crippen molar-refractivity contribution in [2.24, 2.45) is 0 Å². The Morgan fingerprint density at radius 2 is 1.82 bits per heavy atom. The third kappa shape index (κ3) is 5.18. The van der Waals surface area contributed by atoms with Gasteiger partial charge in [-0.3, -0.25) is 9.55 Å². The second kappa shape index (κ2) is 10.3. The van der Waals surface area contributed by atoms with Gasteiger partial charge in [0.25, 0.3) is 0 Å². The molecule has 2 atom stereocenters. The lowest BCUT2D eigenvalue weighted by atomic mass is 10.1. The maximum absolute atomic E-state index is 13.3. The van der Waals surface area contributed by atoms with Gasteiger partial charge in [0.15, 0.2) is 11.5 Å². The number of hydrogen-bond donors (Lipinski definition) is 1. The largest absolute Gasteiger partial charge is 0.493 e. The lowest BCUT2D eigenvalue weighted by Gasteiger charge is -2.27. The fourth-order valence-electron chi connectivity index (χ4n) is 3.06. The molecule has 2 aromatic rings. The van der Waals surface area contributed by atoms with Crippen molar-refractivity contribution in [2.45, 2.75) is 19.9 Å². The number of anilines is 1. The molecule has 0 saturated heterocycles. The number of benzene rings is 1. The van der Waals surface area contributed by atoms with Crippen molar-refractivity contribution in [3.63, 3.8) is 0 Å². The van der Waals surface area contributed by atoms with E-state index in [-0.39, 0.29) is 6.04 Å². The predicted molar refractivity (Wildman–Crippen MR) is 111 cm³/mol. The van der Waals surface area contributed by atoms with E-state index in [2.05, 4.69) is 10.3 Å². The number of hydrogen-bond acceptors (Lipinski definition) is 7. The van der Waals surface area contributed by atoms with E-state index in [4.69, 9.17) is 18.7 Å². The summed E-state index contributed by atoms with van der Waals surface area (Å²) in [6, 6.07) is 7.11. The van der Waals surface area contributed by atoms with Gasteiger partial charge in [0, 0.05) is 30.3 Å². The van der Waals surface area contributed by atoms with Gasteiger partial charge in [0.05, 0.1) is 39.7 Å². The number of rotatable bonds is 11. The van der Waals surface area contributed by atoms with Gasteiger partial charge in [0.1, 0.15) is 0 Å². The molecule has 1 N–H and O–H groups in total. The quantitative estimate of drug-likeness (QED) is 0.545. The fourth-order valence-corrected chi connectivity index (χ4v) is 4.92. The first-order valence-electron chi connectivity index (χ1n) is 9.19. The van der Waals surface area contributed by atoms with Crippen LogP contribution in [0.5, 0.6) is 17.2 Å². The smallest absolute Gasteiger partial charge is 0.205 e. The van der Waals surface area contributed by atoms with Crippen molar-refractivity contribution in [2.75, 3.05) is 45.6 Å². The van der Waals surface area contributed by atoms with Crippen LogP contribution in [0.2, 0.25) is 0 Å². The first kappa shape index (κ1) is 22.1. The Hall–Kier alpha value is -2.24. The summed E-state index contributed by atoms with van der Waals surface area (Å²) in [4.78, 5) is 4.15. The van der Waals surface area contributed by atoms with Gasteiger partial charge >= 0.3 is 0 Å². The second-order valence-corrected chi connectivity index (χ2v) is 8.98. The molecule has 2 unspecified atom stereocenters. The van der Waals surface area contributed by atoms with E-state index in [1.807, 2.05) is 38.1 Å². The van der Waals surface area contributed by atoms with Gasteiger partial charge in [-0.15, -0.1) is 0 Å². The highest BCUT2D eigenvalue weighted by atomic mass is 31.2. The molecule has 1 heterocycles. The minimum Gasteiger partial charge on any atom is -0.493 e. The summed E-state index contributed by atoms with van der Waals surface area (Å²) in [7, 11) is 1.86. The third-order valence-corrected chi connectivity index (χ3v) is 7.03. The first-order chi connectivity index (χ1) is 13.5. The SMILES string of the molecule is CCOP(=O)(CC)CC(Nc1cccnc1)c1ccc(OC)c(OC)c1OC. The molecule has 0 fully saturated rings. The average Bonchev–Trinajstić information content (AvgIpc) is 2.72. The van der Waals surface area contributed by atoms with Gasteiger partial charge in [0.2, 0.25) is 13.1 Å². The van der Waals surface area contributed by atoms with Crippen LogP contribution < -0.4 is 19.5 Å². The Labute approximate surface area is 166 Å². The van der Waals surface area contributed by atoms with Crippen LogP contribution in [0.1, 0.15) is 25.5 Å². The number of ether oxygens (including phenoxy) is 3. The van der Waals surface area contributed by atoms with Crippen LogP contribution in [0, 0.1) is 0 Å². The van der Waals surface area contributed by atoms with Crippen LogP contribution in [-0.2, 0) is 9.09 Å². The summed E-state index contributed by atoms with van der Waals surface area (Å²) < 4.78 is 35.4. The number of nitrogens with one attached hydrogen (secondary N) is 1. The Kier molecular flexibility index (Phi) is 8.15. The Morgan fingerprint density at radius 3 is 2.36 bits per heavy atom. The number of nitrogens with zero attached hydrogens (tertiary/aromatic N) is 1. The van der Waals surface area contributed by atoms with Crippen LogP contribution in [0.25, 0.3) is 0 Å². The molecule has 0 spiro atoms. The highest BCUT2D eigenvalue weighted by Crippen LogP contribution is 2.52. The summed E-state index contributed by atoms with van der Waals surface area (Å²) in [6.07, 6.45) is 4.17. The highest BCUT2D eigenvalue weighted by Gasteiger charge is 2.30. The summed E-state index contributed by atoms with van der Waals surface area (Å²) in [6.45, 7) is 4.13. The van der Waals surface area contributed by atoms with Gasteiger partial charge in [-0.25, -0.2) is 0 Å². The van der Waals surface area contributed by atoms with Gasteiger partial charge in [-0.1, -0.05) is 6.92 Å². The molecule has 0 saturated carbocycles. The van der Waals surface area contributed by atoms with Gasteiger partial charge in [-0.2, -0.15) is 0 Å². The molecule has 0 aliphatic rings. The summed E-state index contributed by atoms with van der Waals surface area (Å²) in [5, 5.41) is 3.42. The fraction of sp³-hybridized carbons (Fsp3) is 0.450. The van der Waals surface area contributed by atoms with E-state index >= 15 is 0 Å². The van der Waals surface area contributed by atoms with E-state index in [9.17, 15) is 4.57 Å². The minimum atomic E-state index is -2.84. The molecule has 8 heteroatoms. The molecule has 0 aliphatic heterocycles. The van der Waals surface area contributed by atoms with Crippen LogP contribution >= 0.6 is 7.37 Å². The van der Waals surface area contributed by atoms with Crippen molar-refractivity contribution >= 4 is 13.1 Å². The molecule has 0 aliphatic carbocycles. The highest BCUT2D eigenvalue weighted by molar-refractivity contribution is 7.59. The molecule has 1 aromatic carbocycles. The molecular formula is C20H29N2O5P. The number of pyridine rings is 1. The monoisotopic (exact) mass is 408 g/mol. The van der Waals surface area contributed by atoms with E-state index in [1.165, 1.54) is 0 Å². The Balaban J connectivity index is 2.53. The molecule has 0 bridgehead atoms. The van der Waals surface area contributed by atoms with Gasteiger partial charge < -0.3 is 24.1 Å². The standard InChI is InChI=1S/C20H29N2O5P/c1-6-27-28(23,7-2)14-17(22-15-9-8-12-21-13-15)16-10-11-18(24-3)20(26-5)19(16)25-4/h8-13,17,22H,6-7,14H2,1-5H3. The van der Waals surface area contributed by atoms with Crippen molar-refractivity contribution in [3.05, 3.63) is 42.2 Å². The van der Waals surface area contributed by atoms with Gasteiger partial charge in [-0.05, 0) is 31.2 Å². The summed E-state index contributed by atoms with van der Waals surface area (Å²) >= 11 is 0. The Morgan fingerprint density at radius 1 is 1.07 bits per heavy atom. The normalized spacial score (nSPS) is 14.0. The molecule has 154 valence electrons. The third-order valence-electron chi connectivity index (χ3n) is 4.42. The lowest BCUT2D eigenvalue weighted by molar-refractivity contribution is 0.320. The molecular weight excluding hydrogens is 379 g/mol. The molecule has 0 radical (unpaired) electrons. The summed E-state index contributed by atoms with van der Waals surface area (Å²) in [5.41, 5.74) is 1.61. The van der Waals surface area contributed by atoms with E-state index in [1.54, 1.807) is 33.7 Å². The first-order valence-corrected chi connectivity index (χ1v) is 11.2. The zero-order valence-electron chi connectivity index (χ0n) is 17.1. The topological polar surface area (TPSA) is 78.9 Å². The van der Waals surface area contributed by atoms with E-state index in [0.29, 0.717) is 36.2 Å². The van der Waals surface area contributed by atoms with Crippen LogP contribution in [0.15, 0.2) is 36.7 Å². The number of methoxy groups -OCH3 is 3. The van der Waals surface area contributed by atoms with Crippen molar-refractivity contribution in [1.82, 2.24) is 4.98 Å². The lowest BCUT2D eigenvalue weighted by Crippen LogP contribution is -2.18. The summed E-state index contributed by atoms with van der Waals surface area (Å²) in [5.74, 6) is 1.58. The molecule has 0 amide bonds. The van der Waals surface area contributed by atoms with Crippen LogP contribution in [0.3, 0.4) is 0 Å². The molecule has 28 heavy (non-hydrogen) atoms. The molecule has 1 aromatic heterocycles. The van der Waals surface area contributed by atoms with Crippen LogP contribution in [-0.4, -0.2) is 45.2 Å². The predicted octanol–water partition coefficient (Wildman–Crippen LogP) is 4.60. The van der Waals surface area contributed by atoms with Crippen molar-refractivity contribution in [1.29, 1.82) is 0 Å². The van der Waals surface area contributed by atoms with E-state index in [0.717, 1.165) is 11.3 Å². The zero-order chi connectivity index (χ0) is 20.6. The maximum Gasteiger partial charge on any atom is 0.205 e. The van der Waals surface area contributed by atoms with Crippen molar-refractivity contribution < 1.29 is 23.3 Å². The second-order valence-electron chi connectivity index (χ2n) is 6.09. The molecule has 2 rings (SSSR count). The molecule has 7 nitrogen and oxygen atoms in total. The maximum atomic E-state index is 13.3. The Bertz CT molecular complexity index is 801. The zero-order valence-corrected chi connectivity index (χ0v) is 18.0. The number of aromatic nitrogens is 1. The van der Waals surface area contributed by atoms with Crippen molar-refractivity contribution in [3.8, 4) is 17.2 Å².